The molecule has 0 aromatic heterocycles. The molecule has 0 unspecified atom stereocenters. The van der Waals surface area contributed by atoms with Crippen LogP contribution in [0.3, 0.4) is 0 Å². The first kappa shape index (κ1) is 19.9. The van der Waals surface area contributed by atoms with Crippen LogP contribution in [0.2, 0.25) is 0 Å². The molecular formula is C21H28FN3O4. The molecule has 2 aliphatic heterocycles. The van der Waals surface area contributed by atoms with Crippen LogP contribution in [-0.2, 0) is 4.79 Å². The average Bonchev–Trinajstić information content (AvgIpc) is 2.93. The molecule has 8 heteroatoms. The Kier molecular flexibility index (Phi) is 5.89. The van der Waals surface area contributed by atoms with Crippen molar-refractivity contribution in [1.82, 2.24) is 14.7 Å². The van der Waals surface area contributed by atoms with E-state index in [1.54, 1.807) is 0 Å². The smallest absolute Gasteiger partial charge is 0.408 e. The van der Waals surface area contributed by atoms with Crippen LogP contribution in [0.15, 0.2) is 24.3 Å². The summed E-state index contributed by atoms with van der Waals surface area (Å²) in [5.74, 6) is -0.0186. The number of carbonyl (C=O) groups is 2. The van der Waals surface area contributed by atoms with Crippen molar-refractivity contribution in [2.75, 3.05) is 32.7 Å². The number of carboxylic acid groups (broad SMARTS) is 1. The van der Waals surface area contributed by atoms with Crippen molar-refractivity contribution in [1.29, 1.82) is 0 Å². The molecule has 2 amide bonds. The highest BCUT2D eigenvalue weighted by atomic mass is 19.1. The molecule has 1 aromatic carbocycles. The van der Waals surface area contributed by atoms with Gasteiger partial charge in [-0.3, -0.25) is 14.6 Å². The summed E-state index contributed by atoms with van der Waals surface area (Å²) >= 11 is 0. The van der Waals surface area contributed by atoms with Crippen LogP contribution in [0.4, 0.5) is 9.18 Å². The lowest BCUT2D eigenvalue weighted by Gasteiger charge is -2.36. The zero-order valence-corrected chi connectivity index (χ0v) is 16.5. The second-order valence-electron chi connectivity index (χ2n) is 8.18. The van der Waals surface area contributed by atoms with Gasteiger partial charge in [0.1, 0.15) is 23.7 Å². The largest absolute Gasteiger partial charge is 0.488 e. The maximum Gasteiger partial charge on any atom is 0.408 e. The van der Waals surface area contributed by atoms with Crippen molar-refractivity contribution < 1.29 is 23.8 Å². The lowest BCUT2D eigenvalue weighted by molar-refractivity contribution is -0.135. The summed E-state index contributed by atoms with van der Waals surface area (Å²) in [6.07, 6.45) is 3.46. The van der Waals surface area contributed by atoms with Crippen molar-refractivity contribution in [3.63, 3.8) is 0 Å². The molecule has 3 aliphatic rings. The SMILES string of the molecule is O=C([C@H]1C[C@@H](Oc2ccc(F)cc2)CN1C(=O)O)N1CCCN(C2CCC2)CC1. The van der Waals surface area contributed by atoms with E-state index in [1.807, 2.05) is 4.90 Å². The van der Waals surface area contributed by atoms with Crippen molar-refractivity contribution in [2.45, 2.75) is 50.3 Å². The number of rotatable bonds is 4. The lowest BCUT2D eigenvalue weighted by atomic mass is 9.91. The van der Waals surface area contributed by atoms with Gasteiger partial charge >= 0.3 is 6.09 Å². The van der Waals surface area contributed by atoms with Gasteiger partial charge in [0, 0.05) is 38.6 Å². The Morgan fingerprint density at radius 2 is 1.79 bits per heavy atom. The zero-order chi connectivity index (χ0) is 20.4. The van der Waals surface area contributed by atoms with Crippen LogP contribution in [0.1, 0.15) is 32.1 Å². The van der Waals surface area contributed by atoms with Gasteiger partial charge in [0.15, 0.2) is 0 Å². The van der Waals surface area contributed by atoms with Crippen LogP contribution in [0.25, 0.3) is 0 Å². The quantitative estimate of drug-likeness (QED) is 0.833. The first-order chi connectivity index (χ1) is 14.0. The molecule has 1 aromatic rings. The number of hydrogen-bond acceptors (Lipinski definition) is 4. The van der Waals surface area contributed by atoms with E-state index in [-0.39, 0.29) is 18.3 Å². The van der Waals surface area contributed by atoms with Gasteiger partial charge in [-0.05, 0) is 43.5 Å². The number of amides is 2. The Balaban J connectivity index is 1.39. The van der Waals surface area contributed by atoms with Crippen LogP contribution < -0.4 is 4.74 Å². The molecule has 1 aliphatic carbocycles. The molecule has 2 heterocycles. The van der Waals surface area contributed by atoms with Crippen molar-refractivity contribution >= 4 is 12.0 Å². The third kappa shape index (κ3) is 4.47. The third-order valence-electron chi connectivity index (χ3n) is 6.34. The maximum absolute atomic E-state index is 13.2. The van der Waals surface area contributed by atoms with E-state index < -0.39 is 18.2 Å². The molecule has 3 fully saturated rings. The predicted molar refractivity (Wildman–Crippen MR) is 104 cm³/mol. The van der Waals surface area contributed by atoms with E-state index in [9.17, 15) is 19.1 Å². The highest BCUT2D eigenvalue weighted by Gasteiger charge is 2.43. The second kappa shape index (κ2) is 8.57. The van der Waals surface area contributed by atoms with E-state index >= 15 is 0 Å². The molecule has 0 bridgehead atoms. The molecule has 1 N–H and O–H groups in total. The summed E-state index contributed by atoms with van der Waals surface area (Å²) in [7, 11) is 0. The molecule has 0 spiro atoms. The first-order valence-electron chi connectivity index (χ1n) is 10.5. The number of hydrogen-bond donors (Lipinski definition) is 1. The highest BCUT2D eigenvalue weighted by Crippen LogP contribution is 2.27. The fraction of sp³-hybridized carbons (Fsp3) is 0.619. The van der Waals surface area contributed by atoms with Crippen LogP contribution in [0.5, 0.6) is 5.75 Å². The maximum atomic E-state index is 13.2. The minimum absolute atomic E-state index is 0.130. The molecule has 1 saturated carbocycles. The average molecular weight is 405 g/mol. The predicted octanol–water partition coefficient (Wildman–Crippen LogP) is 2.41. The van der Waals surface area contributed by atoms with Crippen molar-refractivity contribution in [2.24, 2.45) is 0 Å². The van der Waals surface area contributed by atoms with Gasteiger partial charge in [-0.2, -0.15) is 0 Å². The summed E-state index contributed by atoms with van der Waals surface area (Å²) in [5.41, 5.74) is 0. The van der Waals surface area contributed by atoms with E-state index in [4.69, 9.17) is 4.74 Å². The molecule has 29 heavy (non-hydrogen) atoms. The van der Waals surface area contributed by atoms with Gasteiger partial charge in [-0.25, -0.2) is 9.18 Å². The van der Waals surface area contributed by atoms with Gasteiger partial charge in [0.2, 0.25) is 5.91 Å². The summed E-state index contributed by atoms with van der Waals surface area (Å²) < 4.78 is 18.9. The van der Waals surface area contributed by atoms with E-state index in [0.717, 1.165) is 19.5 Å². The van der Waals surface area contributed by atoms with Crippen molar-refractivity contribution in [3.05, 3.63) is 30.1 Å². The van der Waals surface area contributed by atoms with E-state index in [2.05, 4.69) is 4.90 Å². The van der Waals surface area contributed by atoms with Crippen LogP contribution >= 0.6 is 0 Å². The molecule has 2 saturated heterocycles. The fourth-order valence-electron chi connectivity index (χ4n) is 4.52. The normalized spacial score (nSPS) is 26.1. The fourth-order valence-corrected chi connectivity index (χ4v) is 4.52. The minimum atomic E-state index is -1.11. The van der Waals surface area contributed by atoms with Gasteiger partial charge in [0.05, 0.1) is 6.54 Å². The zero-order valence-electron chi connectivity index (χ0n) is 16.5. The Morgan fingerprint density at radius 1 is 1.03 bits per heavy atom. The number of likely N-dealkylation sites (tertiary alicyclic amines) is 1. The topological polar surface area (TPSA) is 73.3 Å². The number of carbonyl (C=O) groups excluding carboxylic acids is 1. The second-order valence-corrected chi connectivity index (χ2v) is 8.18. The molecule has 7 nitrogen and oxygen atoms in total. The summed E-state index contributed by atoms with van der Waals surface area (Å²) in [4.78, 5) is 30.4. The molecular weight excluding hydrogens is 377 g/mol. The molecule has 4 rings (SSSR count). The summed E-state index contributed by atoms with van der Waals surface area (Å²) in [6.45, 7) is 3.28. The Labute approximate surface area is 170 Å². The summed E-state index contributed by atoms with van der Waals surface area (Å²) in [5, 5.41) is 9.60. The van der Waals surface area contributed by atoms with Crippen molar-refractivity contribution in [3.8, 4) is 5.75 Å². The van der Waals surface area contributed by atoms with Gasteiger partial charge in [-0.1, -0.05) is 6.42 Å². The van der Waals surface area contributed by atoms with Gasteiger partial charge in [0.25, 0.3) is 0 Å². The number of ether oxygens (including phenoxy) is 1. The Bertz CT molecular complexity index is 740. The van der Waals surface area contributed by atoms with Gasteiger partial charge < -0.3 is 14.7 Å². The molecule has 158 valence electrons. The standard InChI is InChI=1S/C21H28FN3O4/c22-15-5-7-17(8-6-15)29-18-13-19(25(14-18)21(27)28)20(26)24-10-2-9-23(11-12-24)16-3-1-4-16/h5-8,16,18-19H,1-4,9-14H2,(H,27,28)/t18-,19-/m1/s1. The van der Waals surface area contributed by atoms with E-state index in [1.165, 1.54) is 48.4 Å². The van der Waals surface area contributed by atoms with Gasteiger partial charge in [-0.15, -0.1) is 0 Å². The Hall–Kier alpha value is -2.35. The number of halogens is 1. The van der Waals surface area contributed by atoms with E-state index in [0.29, 0.717) is 31.3 Å². The molecule has 2 atom stereocenters. The Morgan fingerprint density at radius 3 is 2.45 bits per heavy atom. The third-order valence-corrected chi connectivity index (χ3v) is 6.34. The lowest BCUT2D eigenvalue weighted by Crippen LogP contribution is -2.49. The monoisotopic (exact) mass is 405 g/mol. The van der Waals surface area contributed by atoms with Crippen LogP contribution in [-0.4, -0.2) is 82.7 Å². The summed E-state index contributed by atoms with van der Waals surface area (Å²) in [6, 6.07) is 5.55. The highest BCUT2D eigenvalue weighted by molar-refractivity contribution is 5.86. The molecule has 0 radical (unpaired) electrons. The van der Waals surface area contributed by atoms with Crippen LogP contribution in [0, 0.1) is 5.82 Å². The first-order valence-corrected chi connectivity index (χ1v) is 10.5. The number of benzene rings is 1. The number of nitrogens with zero attached hydrogens (tertiary/aromatic N) is 3. The minimum Gasteiger partial charge on any atom is -0.488 e.